The van der Waals surface area contributed by atoms with E-state index in [4.69, 9.17) is 4.52 Å². The highest BCUT2D eigenvalue weighted by Crippen LogP contribution is 2.23. The van der Waals surface area contributed by atoms with E-state index >= 15 is 0 Å². The van der Waals surface area contributed by atoms with Crippen LogP contribution in [0.3, 0.4) is 0 Å². The van der Waals surface area contributed by atoms with Crippen LogP contribution in [0.5, 0.6) is 0 Å². The van der Waals surface area contributed by atoms with Gasteiger partial charge in [0.25, 0.3) is 0 Å². The first-order chi connectivity index (χ1) is 16.6. The second-order valence-corrected chi connectivity index (χ2v) is 10.1. The minimum absolute atomic E-state index is 0.0434. The van der Waals surface area contributed by atoms with Gasteiger partial charge < -0.3 is 9.42 Å². The number of halogens is 1. The van der Waals surface area contributed by atoms with Gasteiger partial charge in [-0.1, -0.05) is 63.6 Å². The zero-order chi connectivity index (χ0) is 23.3. The average Bonchev–Trinajstić information content (AvgIpc) is 3.33. The fraction of sp³-hybridized carbons (Fsp3) is 0.423. The first kappa shape index (κ1) is 23.2. The molecule has 3 aromatic rings. The van der Waals surface area contributed by atoms with Crippen LogP contribution in [0, 0.1) is 5.92 Å². The molecule has 3 heterocycles. The monoisotopic (exact) mass is 523 g/mol. The number of hydrogen-bond acceptors (Lipinski definition) is 6. The van der Waals surface area contributed by atoms with Crippen LogP contribution in [0.25, 0.3) is 11.4 Å². The van der Waals surface area contributed by atoms with Crippen LogP contribution in [-0.2, 0) is 17.9 Å². The Bertz CT molecular complexity index is 1100. The topological polar surface area (TPSA) is 65.7 Å². The predicted molar refractivity (Wildman–Crippen MR) is 134 cm³/mol. The molecule has 0 N–H and O–H groups in total. The van der Waals surface area contributed by atoms with Crippen molar-refractivity contribution in [1.29, 1.82) is 0 Å². The Morgan fingerprint density at radius 2 is 1.79 bits per heavy atom. The van der Waals surface area contributed by atoms with E-state index < -0.39 is 0 Å². The van der Waals surface area contributed by atoms with Gasteiger partial charge in [0.05, 0.1) is 12.5 Å². The molecule has 1 aromatic heterocycles. The lowest BCUT2D eigenvalue weighted by molar-refractivity contribution is -0.139. The number of benzene rings is 2. The molecule has 8 heteroatoms. The second kappa shape index (κ2) is 10.8. The maximum atomic E-state index is 13.3. The molecular weight excluding hydrogens is 494 g/mol. The quantitative estimate of drug-likeness (QED) is 0.485. The zero-order valence-electron chi connectivity index (χ0n) is 19.3. The van der Waals surface area contributed by atoms with Gasteiger partial charge in [0.1, 0.15) is 0 Å². The minimum atomic E-state index is 0.0434. The lowest BCUT2D eigenvalue weighted by atomic mass is 9.96. The molecule has 0 bridgehead atoms. The fourth-order valence-electron chi connectivity index (χ4n) is 4.88. The predicted octanol–water partition coefficient (Wildman–Crippen LogP) is 4.06. The van der Waals surface area contributed by atoms with E-state index in [0.29, 0.717) is 24.2 Å². The van der Waals surface area contributed by atoms with Crippen molar-refractivity contribution < 1.29 is 9.32 Å². The van der Waals surface area contributed by atoms with Gasteiger partial charge in [-0.2, -0.15) is 4.98 Å². The average molecular weight is 524 g/mol. The Morgan fingerprint density at radius 1 is 0.971 bits per heavy atom. The molecule has 5 rings (SSSR count). The van der Waals surface area contributed by atoms with Crippen molar-refractivity contribution in [3.63, 3.8) is 0 Å². The van der Waals surface area contributed by atoms with E-state index in [1.54, 1.807) is 0 Å². The number of aromatic nitrogens is 2. The molecule has 2 saturated heterocycles. The summed E-state index contributed by atoms with van der Waals surface area (Å²) in [5.74, 6) is 1.53. The molecule has 7 nitrogen and oxygen atoms in total. The van der Waals surface area contributed by atoms with Crippen molar-refractivity contribution >= 4 is 21.8 Å². The highest BCUT2D eigenvalue weighted by molar-refractivity contribution is 9.10. The Labute approximate surface area is 208 Å². The number of piperidine rings is 1. The first-order valence-corrected chi connectivity index (χ1v) is 12.8. The number of likely N-dealkylation sites (tertiary alicyclic amines) is 1. The third-order valence-electron chi connectivity index (χ3n) is 6.70. The van der Waals surface area contributed by atoms with Crippen LogP contribution in [-0.4, -0.2) is 70.0 Å². The van der Waals surface area contributed by atoms with Crippen LogP contribution in [0.2, 0.25) is 0 Å². The molecule has 2 fully saturated rings. The van der Waals surface area contributed by atoms with Crippen LogP contribution in [0.1, 0.15) is 24.3 Å². The van der Waals surface area contributed by atoms with E-state index in [2.05, 4.69) is 65.0 Å². The van der Waals surface area contributed by atoms with Crippen molar-refractivity contribution in [2.75, 3.05) is 39.3 Å². The number of hydrogen-bond donors (Lipinski definition) is 0. The summed E-state index contributed by atoms with van der Waals surface area (Å²) in [7, 11) is 0. The summed E-state index contributed by atoms with van der Waals surface area (Å²) < 4.78 is 6.50. The zero-order valence-corrected chi connectivity index (χ0v) is 20.9. The number of nitrogens with zero attached hydrogens (tertiary/aromatic N) is 5. The number of piperazine rings is 1. The smallest absolute Gasteiger partial charge is 0.241 e. The molecule has 178 valence electrons. The molecule has 0 saturated carbocycles. The van der Waals surface area contributed by atoms with Crippen LogP contribution < -0.4 is 0 Å². The van der Waals surface area contributed by atoms with E-state index in [9.17, 15) is 4.79 Å². The van der Waals surface area contributed by atoms with Crippen LogP contribution in [0.15, 0.2) is 63.6 Å². The number of amides is 1. The minimum Gasteiger partial charge on any atom is -0.340 e. The van der Waals surface area contributed by atoms with E-state index in [1.165, 1.54) is 5.56 Å². The van der Waals surface area contributed by atoms with Crippen molar-refractivity contribution in [2.45, 2.75) is 25.9 Å². The Morgan fingerprint density at radius 3 is 2.59 bits per heavy atom. The van der Waals surface area contributed by atoms with Gasteiger partial charge in [0, 0.05) is 49.3 Å². The van der Waals surface area contributed by atoms with Crippen molar-refractivity contribution in [3.05, 3.63) is 70.5 Å². The molecule has 1 unspecified atom stereocenters. The number of carbonyl (C=O) groups is 1. The fourth-order valence-corrected chi connectivity index (χ4v) is 5.28. The molecule has 2 aliphatic rings. The van der Waals surface area contributed by atoms with Gasteiger partial charge in [-0.15, -0.1) is 0 Å². The second-order valence-electron chi connectivity index (χ2n) is 9.18. The van der Waals surface area contributed by atoms with E-state index in [0.717, 1.165) is 68.7 Å². The summed E-state index contributed by atoms with van der Waals surface area (Å²) in [5, 5.41) is 4.14. The highest BCUT2D eigenvalue weighted by atomic mass is 79.9. The normalized spacial score (nSPS) is 19.9. The molecule has 2 aromatic carbocycles. The largest absolute Gasteiger partial charge is 0.340 e. The summed E-state index contributed by atoms with van der Waals surface area (Å²) in [6.45, 7) is 6.70. The van der Waals surface area contributed by atoms with Crippen molar-refractivity contribution in [1.82, 2.24) is 24.8 Å². The maximum absolute atomic E-state index is 13.3. The SMILES string of the molecule is O=C(C1CCCN(Cc2nc(-c3cccc(Br)c3)no2)C1)N1CCN(Cc2ccccc2)CC1. The first-order valence-electron chi connectivity index (χ1n) is 12.0. The van der Waals surface area contributed by atoms with Crippen molar-refractivity contribution in [2.24, 2.45) is 5.92 Å². The van der Waals surface area contributed by atoms with Gasteiger partial charge in [-0.3, -0.25) is 14.6 Å². The van der Waals surface area contributed by atoms with E-state index in [1.807, 2.05) is 30.3 Å². The molecule has 1 amide bonds. The van der Waals surface area contributed by atoms with Gasteiger partial charge >= 0.3 is 0 Å². The number of rotatable bonds is 6. The summed E-state index contributed by atoms with van der Waals surface area (Å²) in [5.41, 5.74) is 2.25. The summed E-state index contributed by atoms with van der Waals surface area (Å²) >= 11 is 3.48. The summed E-state index contributed by atoms with van der Waals surface area (Å²) in [6.07, 6.45) is 1.96. The standard InChI is InChI=1S/C26H30BrN5O2/c27-23-10-4-8-21(16-23)25-28-24(34-29-25)19-31-11-5-9-22(18-31)26(33)32-14-12-30(13-15-32)17-20-6-2-1-3-7-20/h1-4,6-8,10,16,22H,5,9,11-15,17-19H2. The van der Waals surface area contributed by atoms with Gasteiger partial charge in [0.15, 0.2) is 0 Å². The third kappa shape index (κ3) is 5.74. The molecule has 34 heavy (non-hydrogen) atoms. The summed E-state index contributed by atoms with van der Waals surface area (Å²) in [6, 6.07) is 18.4. The molecule has 0 aliphatic carbocycles. The van der Waals surface area contributed by atoms with Gasteiger partial charge in [-0.05, 0) is 37.1 Å². The highest BCUT2D eigenvalue weighted by Gasteiger charge is 2.31. The Kier molecular flexibility index (Phi) is 7.37. The van der Waals surface area contributed by atoms with Gasteiger partial charge in [-0.25, -0.2) is 0 Å². The van der Waals surface area contributed by atoms with Crippen LogP contribution in [0.4, 0.5) is 0 Å². The molecule has 1 atom stereocenters. The van der Waals surface area contributed by atoms with Crippen LogP contribution >= 0.6 is 15.9 Å². The molecule has 0 radical (unpaired) electrons. The molecular formula is C26H30BrN5O2. The molecule has 0 spiro atoms. The van der Waals surface area contributed by atoms with Crippen molar-refractivity contribution in [3.8, 4) is 11.4 Å². The Hall–Kier alpha value is -2.55. The van der Waals surface area contributed by atoms with Gasteiger partial charge in [0.2, 0.25) is 17.6 Å². The Balaban J connectivity index is 1.12. The molecule has 2 aliphatic heterocycles. The lowest BCUT2D eigenvalue weighted by Crippen LogP contribution is -2.52. The lowest BCUT2D eigenvalue weighted by Gasteiger charge is -2.38. The third-order valence-corrected chi connectivity index (χ3v) is 7.19. The van der Waals surface area contributed by atoms with E-state index in [-0.39, 0.29) is 5.92 Å². The maximum Gasteiger partial charge on any atom is 0.241 e. The number of carbonyl (C=O) groups excluding carboxylic acids is 1. The summed E-state index contributed by atoms with van der Waals surface area (Å²) in [4.78, 5) is 24.6.